The van der Waals surface area contributed by atoms with E-state index in [0.717, 1.165) is 0 Å². The minimum atomic E-state index is -0.0493. The van der Waals surface area contributed by atoms with E-state index in [1.165, 1.54) is 195 Å². The van der Waals surface area contributed by atoms with Gasteiger partial charge in [-0.25, -0.2) is 0 Å². The highest BCUT2D eigenvalue weighted by molar-refractivity contribution is 6.33. The second kappa shape index (κ2) is 17.2. The molecular formula is C78H68N2. The molecule has 12 aromatic carbocycles. The molecule has 4 unspecified atom stereocenters. The Bertz CT molecular complexity index is 4230. The molecule has 2 heteroatoms. The van der Waals surface area contributed by atoms with Crippen molar-refractivity contribution < 1.29 is 0 Å². The monoisotopic (exact) mass is 1030 g/mol. The fraction of sp³-hybridized carbons (Fsp3) is 0.231. The Morgan fingerprint density at radius 1 is 0.312 bits per heavy atom. The minimum absolute atomic E-state index is 0.0278. The summed E-state index contributed by atoms with van der Waals surface area (Å²) >= 11 is 0. The number of rotatable bonds is 6. The van der Waals surface area contributed by atoms with Crippen molar-refractivity contribution in [2.45, 2.75) is 115 Å². The third-order valence-electron chi connectivity index (χ3n) is 21.5. The highest BCUT2D eigenvalue weighted by Crippen LogP contribution is 2.64. The molecule has 0 radical (unpaired) electrons. The van der Waals surface area contributed by atoms with Crippen molar-refractivity contribution in [1.82, 2.24) is 0 Å². The molecule has 2 aliphatic carbocycles. The van der Waals surface area contributed by atoms with E-state index in [1.54, 1.807) is 0 Å². The predicted molar refractivity (Wildman–Crippen MR) is 342 cm³/mol. The van der Waals surface area contributed by atoms with Gasteiger partial charge in [0, 0.05) is 33.6 Å². The third kappa shape index (κ3) is 6.37. The summed E-state index contributed by atoms with van der Waals surface area (Å²) in [4.78, 5) is 5.50. The molecule has 390 valence electrons. The van der Waals surface area contributed by atoms with E-state index in [4.69, 9.17) is 0 Å². The Kier molecular flexibility index (Phi) is 10.2. The van der Waals surface area contributed by atoms with Crippen LogP contribution in [0.1, 0.15) is 101 Å². The fourth-order valence-electron chi connectivity index (χ4n) is 17.2. The van der Waals surface area contributed by atoms with Crippen molar-refractivity contribution in [3.8, 4) is 44.5 Å². The fourth-order valence-corrected chi connectivity index (χ4v) is 17.2. The zero-order chi connectivity index (χ0) is 53.9. The van der Waals surface area contributed by atoms with Crippen molar-refractivity contribution in [3.63, 3.8) is 0 Å². The summed E-state index contributed by atoms with van der Waals surface area (Å²) in [6, 6.07) is 79.8. The standard InChI is InChI=1S/C78H68N2/c1-49-43-53(45-69-73(49)79(55-27-9-7-10-28-55)77(5)41-19-17-39-75(69,77)3)65-47-67(59-33-21-25-51-23-13-15-31-57(51)59)63-38-36-62-66(48-68(64-37-35-61(65)71(63)72(62)64)60-34-22-26-52-24-14-16-32-58(52)60)54-44-50(2)74-70(46-54)76(4)40-18-20-42-78(76,6)80(74)56-29-11-8-12-30-56/h7-16,21-38,43-48H,17-20,39-42H2,1-6H3. The average Bonchev–Trinajstić information content (AvgIpc) is 4.09. The van der Waals surface area contributed by atoms with Gasteiger partial charge in [-0.15, -0.1) is 0 Å². The first-order chi connectivity index (χ1) is 39.0. The van der Waals surface area contributed by atoms with Crippen LogP contribution >= 0.6 is 0 Å². The molecular weight excluding hydrogens is 965 g/mol. The normalized spacial score (nSPS) is 22.4. The van der Waals surface area contributed by atoms with Crippen molar-refractivity contribution in [3.05, 3.63) is 229 Å². The van der Waals surface area contributed by atoms with Crippen molar-refractivity contribution in [1.29, 1.82) is 0 Å². The summed E-state index contributed by atoms with van der Waals surface area (Å²) in [5.74, 6) is 0. The number of nitrogens with zero attached hydrogens (tertiary/aromatic N) is 2. The van der Waals surface area contributed by atoms with Crippen LogP contribution in [-0.2, 0) is 10.8 Å². The molecule has 0 bridgehead atoms. The van der Waals surface area contributed by atoms with E-state index in [2.05, 4.69) is 258 Å². The molecule has 2 heterocycles. The van der Waals surface area contributed by atoms with Crippen LogP contribution in [0.3, 0.4) is 0 Å². The number of hydrogen-bond acceptors (Lipinski definition) is 2. The largest absolute Gasteiger partial charge is 0.334 e. The summed E-state index contributed by atoms with van der Waals surface area (Å²) < 4.78 is 0. The molecule has 0 amide bonds. The summed E-state index contributed by atoms with van der Waals surface area (Å²) in [7, 11) is 0. The number of benzene rings is 12. The second-order valence-corrected chi connectivity index (χ2v) is 25.4. The molecule has 80 heavy (non-hydrogen) atoms. The van der Waals surface area contributed by atoms with Gasteiger partial charge in [-0.05, 0) is 235 Å². The Morgan fingerprint density at radius 2 is 0.675 bits per heavy atom. The van der Waals surface area contributed by atoms with Gasteiger partial charge < -0.3 is 9.80 Å². The average molecular weight is 1030 g/mol. The minimum Gasteiger partial charge on any atom is -0.334 e. The van der Waals surface area contributed by atoms with E-state index >= 15 is 0 Å². The summed E-state index contributed by atoms with van der Waals surface area (Å²) in [6.07, 6.45) is 9.67. The molecule has 0 N–H and O–H groups in total. The molecule has 0 spiro atoms. The van der Waals surface area contributed by atoms with Gasteiger partial charge in [-0.2, -0.15) is 0 Å². The molecule has 16 rings (SSSR count). The lowest BCUT2D eigenvalue weighted by molar-refractivity contribution is 0.195. The van der Waals surface area contributed by atoms with Gasteiger partial charge in [0.1, 0.15) is 0 Å². The molecule has 0 aromatic heterocycles. The van der Waals surface area contributed by atoms with Crippen LogP contribution < -0.4 is 9.80 Å². The van der Waals surface area contributed by atoms with Gasteiger partial charge in [-0.1, -0.05) is 185 Å². The lowest BCUT2D eigenvalue weighted by atomic mass is 9.61. The Morgan fingerprint density at radius 3 is 1.10 bits per heavy atom. The number of para-hydroxylation sites is 2. The zero-order valence-corrected chi connectivity index (χ0v) is 47.2. The molecule has 4 aliphatic rings. The summed E-state index contributed by atoms with van der Waals surface area (Å²) in [6.45, 7) is 15.1. The maximum Gasteiger partial charge on any atom is 0.0518 e. The SMILES string of the molecule is Cc1cc(-c2cc(-c3cccc4ccccc34)c3ccc4c(-c5cc(C)c6c(c5)C5(C)CCCCC5(C)N6c5ccccc5)cc(-c5cccc6ccccc56)c5ccc2c3c45)cc2c1N(c1ccccc1)C1(C)CCCCC21C. The van der Waals surface area contributed by atoms with Crippen LogP contribution in [0.25, 0.3) is 98.4 Å². The smallest absolute Gasteiger partial charge is 0.0518 e. The Hall–Kier alpha value is -8.20. The van der Waals surface area contributed by atoms with Crippen molar-refractivity contribution >= 4 is 76.6 Å². The van der Waals surface area contributed by atoms with E-state index in [-0.39, 0.29) is 21.9 Å². The van der Waals surface area contributed by atoms with Crippen LogP contribution in [0.15, 0.2) is 206 Å². The van der Waals surface area contributed by atoms with Crippen molar-refractivity contribution in [2.75, 3.05) is 9.80 Å². The first-order valence-corrected chi connectivity index (χ1v) is 29.8. The number of hydrogen-bond donors (Lipinski definition) is 0. The highest BCUT2D eigenvalue weighted by atomic mass is 15.3. The molecule has 2 aliphatic heterocycles. The van der Waals surface area contributed by atoms with Crippen LogP contribution in [0.2, 0.25) is 0 Å². The number of fused-ring (bicyclic) bond motifs is 8. The van der Waals surface area contributed by atoms with Crippen LogP contribution in [0.5, 0.6) is 0 Å². The lowest BCUT2D eigenvalue weighted by Gasteiger charge is -2.50. The van der Waals surface area contributed by atoms with Crippen LogP contribution in [0, 0.1) is 13.8 Å². The van der Waals surface area contributed by atoms with E-state index in [0.29, 0.717) is 0 Å². The number of aryl methyl sites for hydroxylation is 2. The molecule has 0 saturated heterocycles. The maximum atomic E-state index is 2.75. The van der Waals surface area contributed by atoms with E-state index in [1.807, 2.05) is 0 Å². The van der Waals surface area contributed by atoms with Gasteiger partial charge in [-0.3, -0.25) is 0 Å². The highest BCUT2D eigenvalue weighted by Gasteiger charge is 2.59. The Balaban J connectivity index is 1.02. The van der Waals surface area contributed by atoms with E-state index < -0.39 is 0 Å². The first-order valence-electron chi connectivity index (χ1n) is 29.8. The quantitative estimate of drug-likeness (QED) is 0.153. The molecule has 2 saturated carbocycles. The molecule has 12 aromatic rings. The van der Waals surface area contributed by atoms with E-state index in [9.17, 15) is 0 Å². The topological polar surface area (TPSA) is 6.48 Å². The van der Waals surface area contributed by atoms with Gasteiger partial charge in [0.2, 0.25) is 0 Å². The van der Waals surface area contributed by atoms with Gasteiger partial charge in [0.15, 0.2) is 0 Å². The third-order valence-corrected chi connectivity index (χ3v) is 21.5. The zero-order valence-electron chi connectivity index (χ0n) is 47.2. The lowest BCUT2D eigenvalue weighted by Crippen LogP contribution is -2.54. The molecule has 4 atom stereocenters. The number of anilines is 4. The molecule has 2 fully saturated rings. The van der Waals surface area contributed by atoms with Gasteiger partial charge >= 0.3 is 0 Å². The first kappa shape index (κ1) is 47.8. The Labute approximate surface area is 471 Å². The second-order valence-electron chi connectivity index (χ2n) is 25.4. The van der Waals surface area contributed by atoms with Crippen LogP contribution in [-0.4, -0.2) is 11.1 Å². The van der Waals surface area contributed by atoms with Gasteiger partial charge in [0.05, 0.1) is 11.1 Å². The maximum absolute atomic E-state index is 2.75. The molecule has 2 nitrogen and oxygen atoms in total. The summed E-state index contributed by atoms with van der Waals surface area (Å²) in [5.41, 5.74) is 21.3. The van der Waals surface area contributed by atoms with Crippen molar-refractivity contribution in [2.24, 2.45) is 0 Å². The predicted octanol–water partition coefficient (Wildman–Crippen LogP) is 21.7. The van der Waals surface area contributed by atoms with Crippen LogP contribution in [0.4, 0.5) is 22.7 Å². The van der Waals surface area contributed by atoms with Gasteiger partial charge in [0.25, 0.3) is 0 Å². The summed E-state index contributed by atoms with van der Waals surface area (Å²) in [5, 5.41) is 13.0.